The van der Waals surface area contributed by atoms with E-state index in [4.69, 9.17) is 9.15 Å². The molecule has 2 rings (SSSR count). The summed E-state index contributed by atoms with van der Waals surface area (Å²) in [6.45, 7) is 2.70. The van der Waals surface area contributed by atoms with E-state index >= 15 is 0 Å². The van der Waals surface area contributed by atoms with Gasteiger partial charge in [0.15, 0.2) is 0 Å². The molecule has 2 heterocycles. The van der Waals surface area contributed by atoms with E-state index in [1.807, 2.05) is 0 Å². The van der Waals surface area contributed by atoms with Crippen molar-refractivity contribution in [2.45, 2.75) is 43.9 Å². The number of urea groups is 1. The fraction of sp³-hybridized carbons (Fsp3) is 0.562. The Hall–Kier alpha value is -2.40. The van der Waals surface area contributed by atoms with Crippen LogP contribution in [0.4, 0.5) is 4.79 Å². The number of hydrogen-bond acceptors (Lipinski definition) is 7. The zero-order valence-electron chi connectivity index (χ0n) is 15.6. The monoisotopic (exact) mass is 401 g/mol. The van der Waals surface area contributed by atoms with Gasteiger partial charge in [0.05, 0.1) is 0 Å². The van der Waals surface area contributed by atoms with Gasteiger partial charge in [0.2, 0.25) is 5.09 Å². The summed E-state index contributed by atoms with van der Waals surface area (Å²) in [4.78, 5) is 37.3. The maximum absolute atomic E-state index is 12.4. The standard InChI is InChI=1S/C16H23N3O7S/c1-5-16(6-2)14(21)19(15(22)17-16)9-12(20)25-10-11-7-8-13(26-11)27(23,24)18(3)4/h7-8H,5-6,9-10H2,1-4H3,(H,17,22). The smallest absolute Gasteiger partial charge is 0.326 e. The van der Waals surface area contributed by atoms with Crippen molar-refractivity contribution in [1.29, 1.82) is 0 Å². The molecule has 1 aliphatic heterocycles. The molecule has 27 heavy (non-hydrogen) atoms. The molecular weight excluding hydrogens is 378 g/mol. The minimum absolute atomic E-state index is 0.123. The Morgan fingerprint density at radius 2 is 1.89 bits per heavy atom. The zero-order valence-corrected chi connectivity index (χ0v) is 16.5. The summed E-state index contributed by atoms with van der Waals surface area (Å²) in [5.41, 5.74) is -0.992. The summed E-state index contributed by atoms with van der Waals surface area (Å²) in [6, 6.07) is 1.99. The molecule has 150 valence electrons. The Kier molecular flexibility index (Phi) is 5.95. The second-order valence-electron chi connectivity index (χ2n) is 6.28. The zero-order chi connectivity index (χ0) is 20.4. The van der Waals surface area contributed by atoms with Crippen molar-refractivity contribution >= 4 is 27.9 Å². The number of furan rings is 1. The highest BCUT2D eigenvalue weighted by Gasteiger charge is 2.49. The largest absolute Gasteiger partial charge is 0.456 e. The lowest BCUT2D eigenvalue weighted by Gasteiger charge is -2.22. The number of rotatable bonds is 8. The maximum Gasteiger partial charge on any atom is 0.326 e. The van der Waals surface area contributed by atoms with Crippen LogP contribution in [0.15, 0.2) is 21.6 Å². The van der Waals surface area contributed by atoms with E-state index in [1.165, 1.54) is 26.2 Å². The topological polar surface area (TPSA) is 126 Å². The third-order valence-electron chi connectivity index (χ3n) is 4.49. The molecule has 0 aromatic carbocycles. The van der Waals surface area contributed by atoms with Crippen LogP contribution in [0.25, 0.3) is 0 Å². The van der Waals surface area contributed by atoms with Crippen LogP contribution in [0.3, 0.4) is 0 Å². The minimum Gasteiger partial charge on any atom is -0.456 e. The molecule has 0 radical (unpaired) electrons. The molecule has 1 aliphatic rings. The van der Waals surface area contributed by atoms with Gasteiger partial charge in [-0.1, -0.05) is 13.8 Å². The number of nitrogens with zero attached hydrogens (tertiary/aromatic N) is 2. The highest BCUT2D eigenvalue weighted by atomic mass is 32.2. The molecular formula is C16H23N3O7S. The SMILES string of the molecule is CCC1(CC)NC(=O)N(CC(=O)OCc2ccc(S(=O)(=O)N(C)C)o2)C1=O. The van der Waals surface area contributed by atoms with Gasteiger partial charge < -0.3 is 14.5 Å². The minimum atomic E-state index is -3.73. The van der Waals surface area contributed by atoms with Crippen LogP contribution < -0.4 is 5.32 Å². The van der Waals surface area contributed by atoms with Crippen molar-refractivity contribution < 1.29 is 32.0 Å². The van der Waals surface area contributed by atoms with Crippen LogP contribution in [-0.2, 0) is 31.0 Å². The number of esters is 1. The second-order valence-corrected chi connectivity index (χ2v) is 8.36. The molecule has 0 bridgehead atoms. The number of amides is 3. The molecule has 0 atom stereocenters. The summed E-state index contributed by atoms with van der Waals surface area (Å²) in [5, 5.41) is 2.34. The third-order valence-corrected chi connectivity index (χ3v) is 6.18. The van der Waals surface area contributed by atoms with Gasteiger partial charge in [-0.2, -0.15) is 0 Å². The molecule has 1 aromatic heterocycles. The number of carbonyl (C=O) groups excluding carboxylic acids is 3. The van der Waals surface area contributed by atoms with Crippen molar-refractivity contribution in [3.63, 3.8) is 0 Å². The lowest BCUT2D eigenvalue weighted by Crippen LogP contribution is -2.46. The molecule has 1 N–H and O–H groups in total. The van der Waals surface area contributed by atoms with E-state index in [9.17, 15) is 22.8 Å². The summed E-state index contributed by atoms with van der Waals surface area (Å²) in [6.07, 6.45) is 0.824. The summed E-state index contributed by atoms with van der Waals surface area (Å²) >= 11 is 0. The van der Waals surface area contributed by atoms with Crippen LogP contribution in [0.1, 0.15) is 32.4 Å². The number of carbonyl (C=O) groups is 3. The van der Waals surface area contributed by atoms with Gasteiger partial charge in [-0.05, 0) is 25.0 Å². The van der Waals surface area contributed by atoms with E-state index in [1.54, 1.807) is 13.8 Å². The maximum atomic E-state index is 12.4. The van der Waals surface area contributed by atoms with Gasteiger partial charge in [0.1, 0.15) is 24.5 Å². The molecule has 0 unspecified atom stereocenters. The van der Waals surface area contributed by atoms with Crippen molar-refractivity contribution in [3.8, 4) is 0 Å². The quantitative estimate of drug-likeness (QED) is 0.501. The Morgan fingerprint density at radius 1 is 1.26 bits per heavy atom. The van der Waals surface area contributed by atoms with E-state index in [-0.39, 0.29) is 17.5 Å². The molecule has 1 saturated heterocycles. The number of nitrogens with one attached hydrogen (secondary N) is 1. The van der Waals surface area contributed by atoms with E-state index in [0.717, 1.165) is 9.21 Å². The van der Waals surface area contributed by atoms with E-state index in [2.05, 4.69) is 5.32 Å². The lowest BCUT2D eigenvalue weighted by molar-refractivity contribution is -0.149. The van der Waals surface area contributed by atoms with Crippen LogP contribution in [-0.4, -0.2) is 61.7 Å². The number of ether oxygens (including phenoxy) is 1. The number of hydrogen-bond donors (Lipinski definition) is 1. The van der Waals surface area contributed by atoms with Gasteiger partial charge in [-0.15, -0.1) is 0 Å². The predicted molar refractivity (Wildman–Crippen MR) is 92.9 cm³/mol. The molecule has 0 spiro atoms. The first-order valence-corrected chi connectivity index (χ1v) is 9.82. The molecule has 0 saturated carbocycles. The Bertz CT molecular complexity index is 840. The van der Waals surface area contributed by atoms with Crippen molar-refractivity contribution in [1.82, 2.24) is 14.5 Å². The van der Waals surface area contributed by atoms with Crippen LogP contribution >= 0.6 is 0 Å². The van der Waals surface area contributed by atoms with Gasteiger partial charge in [0.25, 0.3) is 15.9 Å². The van der Waals surface area contributed by atoms with Crippen LogP contribution in [0.2, 0.25) is 0 Å². The molecule has 3 amide bonds. The van der Waals surface area contributed by atoms with Gasteiger partial charge in [-0.25, -0.2) is 17.5 Å². The highest BCUT2D eigenvalue weighted by molar-refractivity contribution is 7.88. The average Bonchev–Trinajstić information content (AvgIpc) is 3.19. The molecule has 0 aliphatic carbocycles. The Morgan fingerprint density at radius 3 is 2.41 bits per heavy atom. The molecule has 10 nitrogen and oxygen atoms in total. The molecule has 1 aromatic rings. The normalized spacial score (nSPS) is 16.7. The van der Waals surface area contributed by atoms with Crippen molar-refractivity contribution in [2.75, 3.05) is 20.6 Å². The Labute approximate surface area is 157 Å². The second kappa shape index (κ2) is 7.69. The third kappa shape index (κ3) is 3.98. The van der Waals surface area contributed by atoms with E-state index < -0.39 is 40.0 Å². The van der Waals surface area contributed by atoms with Crippen molar-refractivity contribution in [2.24, 2.45) is 0 Å². The van der Waals surface area contributed by atoms with Crippen LogP contribution in [0, 0.1) is 0 Å². The highest BCUT2D eigenvalue weighted by Crippen LogP contribution is 2.25. The first kappa shape index (κ1) is 20.9. The van der Waals surface area contributed by atoms with E-state index in [0.29, 0.717) is 12.8 Å². The van der Waals surface area contributed by atoms with Gasteiger partial charge in [-0.3, -0.25) is 14.5 Å². The fourth-order valence-corrected chi connectivity index (χ4v) is 3.44. The van der Waals surface area contributed by atoms with Gasteiger partial charge >= 0.3 is 12.0 Å². The van der Waals surface area contributed by atoms with Crippen LogP contribution in [0.5, 0.6) is 0 Å². The summed E-state index contributed by atoms with van der Waals surface area (Å²) in [5.74, 6) is -1.15. The fourth-order valence-electron chi connectivity index (χ4n) is 2.63. The number of sulfonamides is 1. The lowest BCUT2D eigenvalue weighted by atomic mass is 9.93. The summed E-state index contributed by atoms with van der Waals surface area (Å²) in [7, 11) is -1.000. The Balaban J connectivity index is 1.97. The van der Waals surface area contributed by atoms with Crippen molar-refractivity contribution in [3.05, 3.63) is 17.9 Å². The average molecular weight is 401 g/mol. The summed E-state index contributed by atoms with van der Waals surface area (Å²) < 4.78 is 35.0. The number of imide groups is 1. The molecule has 1 fully saturated rings. The first-order chi connectivity index (χ1) is 12.6. The van der Waals surface area contributed by atoms with Gasteiger partial charge in [0, 0.05) is 14.1 Å². The first-order valence-electron chi connectivity index (χ1n) is 8.38. The predicted octanol–water partition coefficient (Wildman–Crippen LogP) is 0.684. The molecule has 11 heteroatoms.